The molecule has 0 saturated heterocycles. The number of carbonyl (C=O) groups is 1. The Hall–Kier alpha value is -1.01. The lowest BCUT2D eigenvalue weighted by atomic mass is 9.97. The summed E-state index contributed by atoms with van der Waals surface area (Å²) in [6, 6.07) is 1.73. The molecule has 0 unspecified atom stereocenters. The number of hydrogen-bond donors (Lipinski definition) is 2. The fourth-order valence-electron chi connectivity index (χ4n) is 2.24. The summed E-state index contributed by atoms with van der Waals surface area (Å²) in [5, 5.41) is 2.97. The van der Waals surface area contributed by atoms with Crippen molar-refractivity contribution in [3.8, 4) is 0 Å². The molecule has 1 amide bonds. The van der Waals surface area contributed by atoms with Gasteiger partial charge >= 0.3 is 0 Å². The van der Waals surface area contributed by atoms with E-state index in [1.54, 1.807) is 12.3 Å². The van der Waals surface area contributed by atoms with Crippen molar-refractivity contribution in [2.24, 2.45) is 5.73 Å². The third kappa shape index (κ3) is 2.70. The number of nitrogens with two attached hydrogens (primary N) is 1. The van der Waals surface area contributed by atoms with Crippen molar-refractivity contribution in [3.05, 3.63) is 28.5 Å². The second-order valence-corrected chi connectivity index (χ2v) is 5.85. The molecule has 0 atom stereocenters. The summed E-state index contributed by atoms with van der Waals surface area (Å²) in [6.45, 7) is 0. The van der Waals surface area contributed by atoms with Crippen molar-refractivity contribution in [3.63, 3.8) is 0 Å². The summed E-state index contributed by atoms with van der Waals surface area (Å²) in [5.74, 6) is -0.182. The van der Waals surface area contributed by atoms with Crippen molar-refractivity contribution in [1.29, 1.82) is 0 Å². The molecule has 4 nitrogen and oxygen atoms in total. The minimum absolute atomic E-state index is 0.182. The first-order valence-corrected chi connectivity index (χ1v) is 6.97. The molecule has 96 valence electrons. The first-order chi connectivity index (χ1) is 8.53. The maximum atomic E-state index is 12.2. The number of aromatic nitrogens is 1. The smallest absolute Gasteiger partial charge is 0.253 e. The molecule has 18 heavy (non-hydrogen) atoms. The highest BCUT2D eigenvalue weighted by Crippen LogP contribution is 2.30. The molecule has 2 rings (SSSR count). The van der Waals surface area contributed by atoms with Crippen LogP contribution in [0.15, 0.2) is 22.9 Å². The van der Waals surface area contributed by atoms with Crippen LogP contribution in [0.4, 0.5) is 0 Å². The van der Waals surface area contributed by atoms with Crippen LogP contribution in [0.2, 0.25) is 0 Å². The number of nitrogens with zero attached hydrogens (tertiary/aromatic N) is 1. The first-order valence-electron chi connectivity index (χ1n) is 5.76. The molecule has 1 heterocycles. The van der Waals surface area contributed by atoms with E-state index in [0.717, 1.165) is 30.2 Å². The van der Waals surface area contributed by atoms with Gasteiger partial charge in [-0.05, 0) is 34.8 Å². The molecule has 1 aromatic rings. The standard InChI is InChI=1S/C12H14BrN3OS/c13-9-5-8(6-15-7-9)10(17)16-12(11(14)18)3-1-2-4-12/h5-7H,1-4H2,(H2,14,18)(H,16,17). The van der Waals surface area contributed by atoms with Gasteiger partial charge in [0.2, 0.25) is 0 Å². The minimum atomic E-state index is -0.519. The highest BCUT2D eigenvalue weighted by molar-refractivity contribution is 9.10. The van der Waals surface area contributed by atoms with Gasteiger partial charge in [-0.15, -0.1) is 0 Å². The summed E-state index contributed by atoms with van der Waals surface area (Å²) in [5.41, 5.74) is 5.77. The fourth-order valence-corrected chi connectivity index (χ4v) is 2.86. The normalized spacial score (nSPS) is 17.4. The van der Waals surface area contributed by atoms with Crippen LogP contribution in [-0.4, -0.2) is 21.4 Å². The number of nitrogens with one attached hydrogen (secondary N) is 1. The Morgan fingerprint density at radius 2 is 2.11 bits per heavy atom. The molecule has 0 aromatic carbocycles. The van der Waals surface area contributed by atoms with Crippen LogP contribution in [-0.2, 0) is 0 Å². The zero-order valence-corrected chi connectivity index (χ0v) is 12.2. The van der Waals surface area contributed by atoms with Crippen LogP contribution < -0.4 is 11.1 Å². The van der Waals surface area contributed by atoms with Crippen molar-refractivity contribution >= 4 is 39.0 Å². The second-order valence-electron chi connectivity index (χ2n) is 4.50. The van der Waals surface area contributed by atoms with Gasteiger partial charge in [-0.1, -0.05) is 25.1 Å². The average molecular weight is 328 g/mol. The van der Waals surface area contributed by atoms with E-state index in [4.69, 9.17) is 18.0 Å². The van der Waals surface area contributed by atoms with Crippen LogP contribution in [0.5, 0.6) is 0 Å². The maximum Gasteiger partial charge on any atom is 0.253 e. The molecular weight excluding hydrogens is 314 g/mol. The molecule has 3 N–H and O–H groups in total. The van der Waals surface area contributed by atoms with Crippen LogP contribution >= 0.6 is 28.1 Å². The van der Waals surface area contributed by atoms with Crippen LogP contribution in [0.1, 0.15) is 36.0 Å². The molecule has 1 saturated carbocycles. The van der Waals surface area contributed by atoms with Gasteiger partial charge in [0.05, 0.1) is 16.1 Å². The molecule has 6 heteroatoms. The summed E-state index contributed by atoms with van der Waals surface area (Å²) in [7, 11) is 0. The molecule has 0 radical (unpaired) electrons. The van der Waals surface area contributed by atoms with E-state index in [9.17, 15) is 4.79 Å². The maximum absolute atomic E-state index is 12.2. The molecular formula is C12H14BrN3OS. The number of pyridine rings is 1. The SMILES string of the molecule is NC(=S)C1(NC(=O)c2cncc(Br)c2)CCCC1. The van der Waals surface area contributed by atoms with E-state index < -0.39 is 5.54 Å². The fraction of sp³-hybridized carbons (Fsp3) is 0.417. The minimum Gasteiger partial charge on any atom is -0.391 e. The molecule has 0 aliphatic heterocycles. The topological polar surface area (TPSA) is 68.0 Å². The molecule has 1 aliphatic rings. The van der Waals surface area contributed by atoms with Gasteiger partial charge in [0.25, 0.3) is 5.91 Å². The third-order valence-corrected chi connectivity index (χ3v) is 4.07. The summed E-state index contributed by atoms with van der Waals surface area (Å²) in [6.07, 6.45) is 6.87. The van der Waals surface area contributed by atoms with Crippen LogP contribution in [0, 0.1) is 0 Å². The monoisotopic (exact) mass is 327 g/mol. The molecule has 1 aliphatic carbocycles. The number of halogens is 1. The van der Waals surface area contributed by atoms with E-state index in [1.807, 2.05) is 0 Å². The zero-order chi connectivity index (χ0) is 13.2. The number of thiocarbonyl (C=S) groups is 1. The predicted molar refractivity (Wildman–Crippen MR) is 77.4 cm³/mol. The molecule has 1 aromatic heterocycles. The molecule has 0 bridgehead atoms. The largest absolute Gasteiger partial charge is 0.391 e. The van der Waals surface area contributed by atoms with Crippen molar-refractivity contribution in [2.75, 3.05) is 0 Å². The Labute approximate surface area is 119 Å². The average Bonchev–Trinajstić information content (AvgIpc) is 2.79. The first kappa shape index (κ1) is 13.4. The van der Waals surface area contributed by atoms with Gasteiger partial charge in [0.1, 0.15) is 0 Å². The van der Waals surface area contributed by atoms with Crippen LogP contribution in [0.25, 0.3) is 0 Å². The number of amides is 1. The third-order valence-electron chi connectivity index (χ3n) is 3.25. The van der Waals surface area contributed by atoms with E-state index >= 15 is 0 Å². The van der Waals surface area contributed by atoms with Gasteiger partial charge in [0, 0.05) is 16.9 Å². The quantitative estimate of drug-likeness (QED) is 0.835. The van der Waals surface area contributed by atoms with Gasteiger partial charge in [0.15, 0.2) is 0 Å². The van der Waals surface area contributed by atoms with Gasteiger partial charge < -0.3 is 11.1 Å². The Morgan fingerprint density at radius 3 is 2.67 bits per heavy atom. The van der Waals surface area contributed by atoms with Crippen molar-refractivity contribution in [2.45, 2.75) is 31.2 Å². The van der Waals surface area contributed by atoms with Gasteiger partial charge in [-0.25, -0.2) is 0 Å². The number of hydrogen-bond acceptors (Lipinski definition) is 3. The molecule has 1 fully saturated rings. The van der Waals surface area contributed by atoms with E-state index in [-0.39, 0.29) is 5.91 Å². The number of rotatable bonds is 3. The Balaban J connectivity index is 2.18. The highest BCUT2D eigenvalue weighted by atomic mass is 79.9. The van der Waals surface area contributed by atoms with E-state index in [1.165, 1.54) is 6.20 Å². The van der Waals surface area contributed by atoms with Gasteiger partial charge in [-0.3, -0.25) is 9.78 Å². The summed E-state index contributed by atoms with van der Waals surface area (Å²) >= 11 is 8.39. The lowest BCUT2D eigenvalue weighted by Gasteiger charge is -2.29. The summed E-state index contributed by atoms with van der Waals surface area (Å²) < 4.78 is 0.769. The van der Waals surface area contributed by atoms with E-state index in [0.29, 0.717) is 10.6 Å². The van der Waals surface area contributed by atoms with Crippen LogP contribution in [0.3, 0.4) is 0 Å². The van der Waals surface area contributed by atoms with Gasteiger partial charge in [-0.2, -0.15) is 0 Å². The lowest BCUT2D eigenvalue weighted by Crippen LogP contribution is -2.54. The Morgan fingerprint density at radius 1 is 1.44 bits per heavy atom. The highest BCUT2D eigenvalue weighted by Gasteiger charge is 2.38. The predicted octanol–water partition coefficient (Wildman–Crippen LogP) is 2.17. The number of carbonyl (C=O) groups excluding carboxylic acids is 1. The zero-order valence-electron chi connectivity index (χ0n) is 9.78. The van der Waals surface area contributed by atoms with Crippen molar-refractivity contribution < 1.29 is 4.79 Å². The lowest BCUT2D eigenvalue weighted by molar-refractivity contribution is 0.0924. The van der Waals surface area contributed by atoms with E-state index in [2.05, 4.69) is 26.2 Å². The molecule has 0 spiro atoms. The second kappa shape index (κ2) is 5.32. The van der Waals surface area contributed by atoms with Crippen molar-refractivity contribution in [1.82, 2.24) is 10.3 Å². The summed E-state index contributed by atoms with van der Waals surface area (Å²) in [4.78, 5) is 16.5. The Bertz CT molecular complexity index is 486. The Kier molecular flexibility index (Phi) is 3.97.